The molecule has 0 radical (unpaired) electrons. The van der Waals surface area contributed by atoms with Gasteiger partial charge in [-0.15, -0.1) is 0 Å². The van der Waals surface area contributed by atoms with E-state index in [9.17, 15) is 9.18 Å². The van der Waals surface area contributed by atoms with Crippen molar-refractivity contribution in [2.75, 3.05) is 7.11 Å². The Morgan fingerprint density at radius 1 is 1.58 bits per heavy atom. The topological polar surface area (TPSA) is 26.3 Å². The fourth-order valence-electron chi connectivity index (χ4n) is 0.844. The minimum absolute atomic E-state index is 0.0297. The van der Waals surface area contributed by atoms with Crippen LogP contribution in [0.5, 0.6) is 5.75 Å². The van der Waals surface area contributed by atoms with Crippen molar-refractivity contribution in [3.8, 4) is 5.75 Å². The number of halogens is 2. The summed E-state index contributed by atoms with van der Waals surface area (Å²) in [5.74, 6) is -0.275. The first-order valence-electron chi connectivity index (χ1n) is 3.17. The lowest BCUT2D eigenvalue weighted by atomic mass is 10.2. The van der Waals surface area contributed by atoms with E-state index in [1.807, 2.05) is 22.6 Å². The van der Waals surface area contributed by atoms with Crippen molar-refractivity contribution in [1.82, 2.24) is 0 Å². The van der Waals surface area contributed by atoms with Crippen LogP contribution in [0.25, 0.3) is 0 Å². The molecule has 0 N–H and O–H groups in total. The third kappa shape index (κ3) is 1.74. The maximum atomic E-state index is 13.0. The maximum Gasteiger partial charge on any atom is 0.156 e. The highest BCUT2D eigenvalue weighted by Gasteiger charge is 2.09. The van der Waals surface area contributed by atoms with Crippen LogP contribution in [0, 0.1) is 9.39 Å². The third-order valence-corrected chi connectivity index (χ3v) is 2.02. The van der Waals surface area contributed by atoms with Crippen LogP contribution in [0.1, 0.15) is 10.4 Å². The molecule has 0 saturated carbocycles. The van der Waals surface area contributed by atoms with E-state index >= 15 is 0 Å². The molecule has 0 fully saturated rings. The number of carbonyl (C=O) groups excluding carboxylic acids is 1. The highest BCUT2D eigenvalue weighted by molar-refractivity contribution is 14.1. The lowest BCUT2D eigenvalue weighted by molar-refractivity contribution is 0.111. The molecule has 0 atom stereocenters. The lowest BCUT2D eigenvalue weighted by Crippen LogP contribution is -1.95. The van der Waals surface area contributed by atoms with E-state index in [4.69, 9.17) is 4.74 Å². The zero-order valence-electron chi connectivity index (χ0n) is 6.30. The fraction of sp³-hybridized carbons (Fsp3) is 0.125. The van der Waals surface area contributed by atoms with Crippen molar-refractivity contribution < 1.29 is 13.9 Å². The minimum atomic E-state index is -0.547. The summed E-state index contributed by atoms with van der Waals surface area (Å²) >= 11 is 1.95. The average molecular weight is 280 g/mol. The Morgan fingerprint density at radius 3 is 2.75 bits per heavy atom. The van der Waals surface area contributed by atoms with Crippen molar-refractivity contribution in [2.24, 2.45) is 0 Å². The molecule has 0 unspecified atom stereocenters. The van der Waals surface area contributed by atoms with Gasteiger partial charge in [0.15, 0.2) is 6.29 Å². The average Bonchev–Trinajstić information content (AvgIpc) is 2.03. The van der Waals surface area contributed by atoms with Gasteiger partial charge in [-0.2, -0.15) is 0 Å². The zero-order chi connectivity index (χ0) is 9.14. The van der Waals surface area contributed by atoms with Crippen LogP contribution in [0.4, 0.5) is 4.39 Å². The van der Waals surface area contributed by atoms with Crippen molar-refractivity contribution in [3.63, 3.8) is 0 Å². The number of rotatable bonds is 2. The number of aldehydes is 1. The first-order valence-corrected chi connectivity index (χ1v) is 4.25. The second-order valence-electron chi connectivity index (χ2n) is 2.12. The summed E-state index contributed by atoms with van der Waals surface area (Å²) < 4.78 is 18.5. The van der Waals surface area contributed by atoms with Gasteiger partial charge < -0.3 is 4.74 Å². The first-order chi connectivity index (χ1) is 5.69. The number of benzene rings is 1. The minimum Gasteiger partial charge on any atom is -0.496 e. The molecule has 64 valence electrons. The van der Waals surface area contributed by atoms with E-state index in [0.29, 0.717) is 9.86 Å². The molecule has 0 amide bonds. The van der Waals surface area contributed by atoms with E-state index in [-0.39, 0.29) is 11.3 Å². The van der Waals surface area contributed by atoms with Gasteiger partial charge in [0.1, 0.15) is 11.6 Å². The van der Waals surface area contributed by atoms with Gasteiger partial charge in [0.05, 0.1) is 12.7 Å². The second kappa shape index (κ2) is 3.84. The molecule has 2 nitrogen and oxygen atoms in total. The summed E-state index contributed by atoms with van der Waals surface area (Å²) in [4.78, 5) is 10.4. The Bertz CT molecular complexity index is 312. The van der Waals surface area contributed by atoms with Gasteiger partial charge in [0.2, 0.25) is 0 Å². The normalized spacial score (nSPS) is 9.58. The molecular formula is C8H6FIO2. The monoisotopic (exact) mass is 280 g/mol. The van der Waals surface area contributed by atoms with Crippen LogP contribution in [0.2, 0.25) is 0 Å². The van der Waals surface area contributed by atoms with Crippen LogP contribution >= 0.6 is 22.6 Å². The fourth-order valence-corrected chi connectivity index (χ4v) is 1.40. The SMILES string of the molecule is COc1cc(I)cc(F)c1C=O. The quantitative estimate of drug-likeness (QED) is 0.613. The Labute approximate surface area is 82.9 Å². The Morgan fingerprint density at radius 2 is 2.25 bits per heavy atom. The number of carbonyl (C=O) groups is 1. The second-order valence-corrected chi connectivity index (χ2v) is 3.37. The van der Waals surface area contributed by atoms with E-state index in [0.717, 1.165) is 0 Å². The van der Waals surface area contributed by atoms with Gasteiger partial charge in [0, 0.05) is 3.57 Å². The number of hydrogen-bond donors (Lipinski definition) is 0. The smallest absolute Gasteiger partial charge is 0.156 e. The molecule has 0 aliphatic rings. The van der Waals surface area contributed by atoms with E-state index in [1.54, 1.807) is 6.07 Å². The van der Waals surface area contributed by atoms with E-state index < -0.39 is 5.82 Å². The third-order valence-electron chi connectivity index (χ3n) is 1.39. The molecule has 0 spiro atoms. The number of hydrogen-bond acceptors (Lipinski definition) is 2. The van der Waals surface area contributed by atoms with E-state index in [1.165, 1.54) is 13.2 Å². The highest BCUT2D eigenvalue weighted by Crippen LogP contribution is 2.22. The van der Waals surface area contributed by atoms with Gasteiger partial charge >= 0.3 is 0 Å². The molecule has 0 saturated heterocycles. The van der Waals surface area contributed by atoms with E-state index in [2.05, 4.69) is 0 Å². The summed E-state index contributed by atoms with van der Waals surface area (Å²) in [6.45, 7) is 0. The molecule has 0 aliphatic carbocycles. The van der Waals surface area contributed by atoms with Gasteiger partial charge in [-0.05, 0) is 34.7 Å². The molecule has 1 aromatic rings. The predicted octanol–water partition coefficient (Wildman–Crippen LogP) is 2.25. The molecular weight excluding hydrogens is 274 g/mol. The summed E-state index contributed by atoms with van der Waals surface area (Å²) in [5.41, 5.74) is -0.0297. The molecule has 1 aromatic carbocycles. The van der Waals surface area contributed by atoms with Crippen LogP contribution in [-0.4, -0.2) is 13.4 Å². The van der Waals surface area contributed by atoms with Crippen LogP contribution in [-0.2, 0) is 0 Å². The van der Waals surface area contributed by atoms with Crippen LogP contribution in [0.3, 0.4) is 0 Å². The molecule has 0 aromatic heterocycles. The first kappa shape index (κ1) is 9.44. The Hall–Kier alpha value is -0.650. The molecule has 1 rings (SSSR count). The highest BCUT2D eigenvalue weighted by atomic mass is 127. The summed E-state index contributed by atoms with van der Waals surface area (Å²) in [6.07, 6.45) is 0.449. The standard InChI is InChI=1S/C8H6FIO2/c1-12-8-3-5(10)2-7(9)6(8)4-11/h2-4H,1H3. The van der Waals surface area contributed by atoms with Crippen molar-refractivity contribution in [1.29, 1.82) is 0 Å². The zero-order valence-corrected chi connectivity index (χ0v) is 8.46. The van der Waals surface area contributed by atoms with Crippen LogP contribution < -0.4 is 4.74 Å². The van der Waals surface area contributed by atoms with Gasteiger partial charge in [-0.25, -0.2) is 4.39 Å². The predicted molar refractivity (Wildman–Crippen MR) is 51.1 cm³/mol. The van der Waals surface area contributed by atoms with Crippen LogP contribution in [0.15, 0.2) is 12.1 Å². The van der Waals surface area contributed by atoms with Crippen molar-refractivity contribution >= 4 is 28.9 Å². The number of methoxy groups -OCH3 is 1. The molecule has 0 heterocycles. The Kier molecular flexibility index (Phi) is 3.02. The van der Waals surface area contributed by atoms with Gasteiger partial charge in [0.25, 0.3) is 0 Å². The van der Waals surface area contributed by atoms with Gasteiger partial charge in [-0.1, -0.05) is 0 Å². The summed E-state index contributed by atoms with van der Waals surface area (Å²) in [7, 11) is 1.40. The van der Waals surface area contributed by atoms with Gasteiger partial charge in [-0.3, -0.25) is 4.79 Å². The largest absolute Gasteiger partial charge is 0.496 e. The lowest BCUT2D eigenvalue weighted by Gasteiger charge is -2.04. The van der Waals surface area contributed by atoms with Crippen molar-refractivity contribution in [3.05, 3.63) is 27.1 Å². The molecule has 4 heteroatoms. The summed E-state index contributed by atoms with van der Waals surface area (Å²) in [6, 6.07) is 2.89. The summed E-state index contributed by atoms with van der Waals surface area (Å²) in [5, 5.41) is 0. The number of ether oxygens (including phenoxy) is 1. The van der Waals surface area contributed by atoms with Crippen molar-refractivity contribution in [2.45, 2.75) is 0 Å². The molecule has 12 heavy (non-hydrogen) atoms. The molecule has 0 bridgehead atoms. The Balaban J connectivity index is 3.33. The maximum absolute atomic E-state index is 13.0. The molecule has 0 aliphatic heterocycles.